The number of hydrogen-bond donors (Lipinski definition) is 0. The van der Waals surface area contributed by atoms with E-state index in [2.05, 4.69) is 96.9 Å². The molecule has 0 heteroatoms. The first-order valence-electron chi connectivity index (χ1n) is 11.1. The molecule has 0 aliphatic heterocycles. The van der Waals surface area contributed by atoms with Crippen molar-refractivity contribution >= 4 is 0 Å². The smallest absolute Gasteiger partial charge is 0.0272 e. The largest absolute Gasteiger partial charge is 0.0651 e. The van der Waals surface area contributed by atoms with Gasteiger partial charge in [-0.05, 0) is 58.2 Å². The maximum Gasteiger partial charge on any atom is -0.0272 e. The minimum atomic E-state index is 0.324. The molecule has 0 saturated carbocycles. The van der Waals surface area contributed by atoms with Crippen LogP contribution in [-0.4, -0.2) is 0 Å². The Morgan fingerprint density at radius 3 is 1.24 bits per heavy atom. The lowest BCUT2D eigenvalue weighted by molar-refractivity contribution is -0.0512. The molecule has 0 bridgehead atoms. The Bertz CT molecular complexity index is 375. The second-order valence-corrected chi connectivity index (χ2v) is 11.1. The van der Waals surface area contributed by atoms with Crippen LogP contribution in [-0.2, 0) is 0 Å². The first-order chi connectivity index (χ1) is 11.1. The summed E-state index contributed by atoms with van der Waals surface area (Å²) in [6.07, 6.45) is 1.28. The Hall–Kier alpha value is 0. The highest BCUT2D eigenvalue weighted by atomic mass is 14.5. The van der Waals surface area contributed by atoms with Gasteiger partial charge in [-0.1, -0.05) is 103 Å². The van der Waals surface area contributed by atoms with Gasteiger partial charge in [0, 0.05) is 0 Å². The van der Waals surface area contributed by atoms with E-state index < -0.39 is 0 Å². The van der Waals surface area contributed by atoms with Gasteiger partial charge >= 0.3 is 0 Å². The molecular weight excluding hydrogens is 300 g/mol. The molecule has 0 amide bonds. The minimum absolute atomic E-state index is 0.324. The van der Waals surface area contributed by atoms with E-state index in [-0.39, 0.29) is 0 Å². The SMILES string of the molecule is CCC(C)C(C)C(C)(C)C(C)(C)C(C)C(C)C(C)[C@H](C)C(C)C(C)C. The van der Waals surface area contributed by atoms with E-state index in [1.54, 1.807) is 0 Å². The standard InChI is InChI=1S/C25H52/c1-15-17(4)22(9)24(11,12)25(13,14)23(10)21(8)20(7)19(6)18(5)16(2)3/h16-23H,15H2,1-14H3/t17?,18?,19-,20?,21?,22?,23?/m1/s1. The van der Waals surface area contributed by atoms with Crippen LogP contribution in [0, 0.1) is 58.2 Å². The fourth-order valence-electron chi connectivity index (χ4n) is 4.92. The van der Waals surface area contributed by atoms with Crippen LogP contribution in [0.1, 0.15) is 103 Å². The van der Waals surface area contributed by atoms with Crippen LogP contribution in [0.2, 0.25) is 0 Å². The van der Waals surface area contributed by atoms with Gasteiger partial charge in [0.05, 0.1) is 0 Å². The Morgan fingerprint density at radius 1 is 0.520 bits per heavy atom. The molecule has 0 N–H and O–H groups in total. The molecule has 152 valence electrons. The third-order valence-corrected chi connectivity index (χ3v) is 9.76. The lowest BCUT2D eigenvalue weighted by Gasteiger charge is -2.54. The van der Waals surface area contributed by atoms with Crippen molar-refractivity contribution in [1.82, 2.24) is 0 Å². The molecule has 6 unspecified atom stereocenters. The average Bonchev–Trinajstić information content (AvgIpc) is 2.56. The highest BCUT2D eigenvalue weighted by Crippen LogP contribution is 2.54. The Morgan fingerprint density at radius 2 is 0.880 bits per heavy atom. The molecule has 0 heterocycles. The molecule has 0 aliphatic carbocycles. The fourth-order valence-corrected chi connectivity index (χ4v) is 4.92. The molecule has 0 aliphatic rings. The normalized spacial score (nSPS) is 22.2. The molecule has 0 saturated heterocycles. The van der Waals surface area contributed by atoms with Crippen molar-refractivity contribution in [2.24, 2.45) is 58.2 Å². The zero-order chi connectivity index (χ0) is 20.3. The molecule has 0 aromatic carbocycles. The van der Waals surface area contributed by atoms with Gasteiger partial charge in [-0.2, -0.15) is 0 Å². The van der Waals surface area contributed by atoms with Crippen molar-refractivity contribution in [3.8, 4) is 0 Å². The molecular formula is C25H52. The predicted molar refractivity (Wildman–Crippen MR) is 117 cm³/mol. The van der Waals surface area contributed by atoms with Crippen LogP contribution in [0.5, 0.6) is 0 Å². The lowest BCUT2D eigenvalue weighted by Crippen LogP contribution is -2.47. The van der Waals surface area contributed by atoms with Crippen molar-refractivity contribution in [2.45, 2.75) is 103 Å². The first kappa shape index (κ1) is 25.0. The molecule has 0 radical (unpaired) electrons. The van der Waals surface area contributed by atoms with E-state index in [1.807, 2.05) is 0 Å². The summed E-state index contributed by atoms with van der Waals surface area (Å²) in [4.78, 5) is 0. The molecule has 0 fully saturated rings. The Labute approximate surface area is 161 Å². The summed E-state index contributed by atoms with van der Waals surface area (Å²) in [5, 5.41) is 0. The van der Waals surface area contributed by atoms with Gasteiger partial charge in [0.1, 0.15) is 0 Å². The number of rotatable bonds is 10. The average molecular weight is 353 g/mol. The maximum absolute atomic E-state index is 2.54. The zero-order valence-corrected chi connectivity index (χ0v) is 20.3. The predicted octanol–water partition coefficient (Wildman–Crippen LogP) is 8.56. The van der Waals surface area contributed by atoms with Crippen LogP contribution < -0.4 is 0 Å². The van der Waals surface area contributed by atoms with E-state index >= 15 is 0 Å². The summed E-state index contributed by atoms with van der Waals surface area (Å²) in [5.41, 5.74) is 0.660. The molecule has 0 aromatic rings. The van der Waals surface area contributed by atoms with Gasteiger partial charge < -0.3 is 0 Å². The van der Waals surface area contributed by atoms with Crippen LogP contribution in [0.25, 0.3) is 0 Å². The molecule has 0 rings (SSSR count). The van der Waals surface area contributed by atoms with E-state index in [4.69, 9.17) is 0 Å². The molecule has 25 heavy (non-hydrogen) atoms. The monoisotopic (exact) mass is 352 g/mol. The maximum atomic E-state index is 2.54. The van der Waals surface area contributed by atoms with Gasteiger partial charge in [0.25, 0.3) is 0 Å². The third-order valence-electron chi connectivity index (χ3n) is 9.76. The number of hydrogen-bond acceptors (Lipinski definition) is 0. The van der Waals surface area contributed by atoms with Crippen molar-refractivity contribution in [1.29, 1.82) is 0 Å². The van der Waals surface area contributed by atoms with Crippen molar-refractivity contribution in [3.05, 3.63) is 0 Å². The molecule has 0 spiro atoms. The summed E-state index contributed by atoms with van der Waals surface area (Å²) < 4.78 is 0. The Kier molecular flexibility index (Phi) is 9.27. The van der Waals surface area contributed by atoms with Crippen LogP contribution in [0.4, 0.5) is 0 Å². The Balaban J connectivity index is 5.43. The third kappa shape index (κ3) is 5.26. The van der Waals surface area contributed by atoms with Crippen molar-refractivity contribution in [2.75, 3.05) is 0 Å². The fraction of sp³-hybridized carbons (Fsp3) is 1.00. The summed E-state index contributed by atoms with van der Waals surface area (Å²) >= 11 is 0. The van der Waals surface area contributed by atoms with Gasteiger partial charge in [-0.3, -0.25) is 0 Å². The lowest BCUT2D eigenvalue weighted by atomic mass is 9.51. The summed E-state index contributed by atoms with van der Waals surface area (Å²) in [7, 11) is 0. The van der Waals surface area contributed by atoms with Crippen molar-refractivity contribution in [3.63, 3.8) is 0 Å². The zero-order valence-electron chi connectivity index (χ0n) is 20.3. The minimum Gasteiger partial charge on any atom is -0.0651 e. The van der Waals surface area contributed by atoms with Gasteiger partial charge in [-0.15, -0.1) is 0 Å². The van der Waals surface area contributed by atoms with Crippen molar-refractivity contribution < 1.29 is 0 Å². The molecule has 7 atom stereocenters. The second kappa shape index (κ2) is 9.27. The highest BCUT2D eigenvalue weighted by molar-refractivity contribution is 4.96. The summed E-state index contributed by atoms with van der Waals surface area (Å²) in [5.74, 6) is 6.10. The van der Waals surface area contributed by atoms with E-state index in [1.165, 1.54) is 6.42 Å². The van der Waals surface area contributed by atoms with Gasteiger partial charge in [0.15, 0.2) is 0 Å². The topological polar surface area (TPSA) is 0 Å². The summed E-state index contributed by atoms with van der Waals surface area (Å²) in [6.45, 7) is 34.6. The van der Waals surface area contributed by atoms with E-state index in [9.17, 15) is 0 Å². The van der Waals surface area contributed by atoms with Crippen LogP contribution in [0.15, 0.2) is 0 Å². The quantitative estimate of drug-likeness (QED) is 0.369. The van der Waals surface area contributed by atoms with E-state index in [0.29, 0.717) is 16.7 Å². The second-order valence-electron chi connectivity index (χ2n) is 11.1. The molecule has 0 nitrogen and oxygen atoms in total. The molecule has 0 aromatic heterocycles. The van der Waals surface area contributed by atoms with Gasteiger partial charge in [0.2, 0.25) is 0 Å². The summed E-state index contributed by atoms with van der Waals surface area (Å²) in [6, 6.07) is 0. The first-order valence-corrected chi connectivity index (χ1v) is 11.1. The highest BCUT2D eigenvalue weighted by Gasteiger charge is 2.47. The van der Waals surface area contributed by atoms with Gasteiger partial charge in [-0.25, -0.2) is 0 Å². The van der Waals surface area contributed by atoms with Crippen LogP contribution in [0.3, 0.4) is 0 Å². The van der Waals surface area contributed by atoms with E-state index in [0.717, 1.165) is 41.4 Å². The van der Waals surface area contributed by atoms with Crippen LogP contribution >= 0.6 is 0 Å².